The van der Waals surface area contributed by atoms with Crippen LogP contribution in [0.4, 0.5) is 11.4 Å². The third kappa shape index (κ3) is 4.04. The molecule has 2 N–H and O–H groups in total. The molecule has 4 rings (SSSR count). The molecule has 3 aromatic carbocycles. The molecule has 0 aliphatic carbocycles. The van der Waals surface area contributed by atoms with Crippen molar-refractivity contribution in [2.24, 2.45) is 0 Å². The highest BCUT2D eigenvalue weighted by molar-refractivity contribution is 9.10. The number of benzene rings is 3. The normalized spacial score (nSPS) is 13.8. The van der Waals surface area contributed by atoms with Crippen LogP contribution < -0.4 is 20.1 Å². The zero-order valence-electron chi connectivity index (χ0n) is 16.9. The van der Waals surface area contributed by atoms with E-state index in [1.54, 1.807) is 43.5 Å². The molecule has 0 bridgehead atoms. The van der Waals surface area contributed by atoms with E-state index in [2.05, 4.69) is 26.6 Å². The van der Waals surface area contributed by atoms with Crippen LogP contribution in [0.25, 0.3) is 11.1 Å². The second-order valence-electron chi connectivity index (χ2n) is 6.78. The van der Waals surface area contributed by atoms with Crippen molar-refractivity contribution in [1.82, 2.24) is 0 Å². The van der Waals surface area contributed by atoms with Crippen molar-refractivity contribution >= 4 is 50.3 Å². The third-order valence-electron chi connectivity index (χ3n) is 4.91. The van der Waals surface area contributed by atoms with E-state index < -0.39 is 5.91 Å². The Morgan fingerprint density at radius 2 is 1.68 bits per heavy atom. The summed E-state index contributed by atoms with van der Waals surface area (Å²) in [5.74, 6) is 0.309. The highest BCUT2D eigenvalue weighted by Gasteiger charge is 2.31. The monoisotopic (exact) mass is 478 g/mol. The number of hydrogen-bond donors (Lipinski definition) is 2. The van der Waals surface area contributed by atoms with Gasteiger partial charge < -0.3 is 20.1 Å². The standard InChI is InChI=1S/C24H19BrN2O4/c1-30-19-11-9-16(13-20(19)31-2)26-23(28)21(14-6-4-3-5-7-14)22-17-12-15(25)8-10-18(17)27-24(22)29/h3-13H,1-2H3,(H,26,28)(H,27,29)/b22-21+. The van der Waals surface area contributed by atoms with Crippen molar-refractivity contribution in [3.63, 3.8) is 0 Å². The molecule has 1 aliphatic rings. The van der Waals surface area contributed by atoms with E-state index in [1.165, 1.54) is 7.11 Å². The molecular formula is C24H19BrN2O4. The van der Waals surface area contributed by atoms with E-state index >= 15 is 0 Å². The minimum atomic E-state index is -0.406. The van der Waals surface area contributed by atoms with Crippen LogP contribution in [0.15, 0.2) is 71.2 Å². The van der Waals surface area contributed by atoms with Crippen LogP contribution in [-0.4, -0.2) is 26.0 Å². The SMILES string of the molecule is COc1ccc(NC(=O)/C(=C2/C(=O)Nc3ccc(Br)cc32)c2ccccc2)cc1OC. The van der Waals surface area contributed by atoms with Gasteiger partial charge in [-0.2, -0.15) is 0 Å². The maximum atomic E-state index is 13.5. The molecule has 0 unspecified atom stereocenters. The van der Waals surface area contributed by atoms with Gasteiger partial charge in [-0.3, -0.25) is 9.59 Å². The number of methoxy groups -OCH3 is 2. The third-order valence-corrected chi connectivity index (χ3v) is 5.40. The van der Waals surface area contributed by atoms with Crippen molar-refractivity contribution in [3.8, 4) is 11.5 Å². The fourth-order valence-corrected chi connectivity index (χ4v) is 3.85. The first-order chi connectivity index (χ1) is 15.0. The lowest BCUT2D eigenvalue weighted by Gasteiger charge is -2.14. The van der Waals surface area contributed by atoms with Crippen molar-refractivity contribution in [2.75, 3.05) is 24.9 Å². The zero-order valence-corrected chi connectivity index (χ0v) is 18.4. The lowest BCUT2D eigenvalue weighted by atomic mass is 9.94. The highest BCUT2D eigenvalue weighted by Crippen LogP contribution is 2.39. The second-order valence-corrected chi connectivity index (χ2v) is 7.70. The summed E-state index contributed by atoms with van der Waals surface area (Å²) < 4.78 is 11.4. The Hall–Kier alpha value is -3.58. The molecule has 31 heavy (non-hydrogen) atoms. The van der Waals surface area contributed by atoms with E-state index in [9.17, 15) is 9.59 Å². The maximum absolute atomic E-state index is 13.5. The van der Waals surface area contributed by atoms with Crippen molar-refractivity contribution in [1.29, 1.82) is 0 Å². The molecule has 0 spiro atoms. The molecule has 6 nitrogen and oxygen atoms in total. The van der Waals surface area contributed by atoms with Gasteiger partial charge in [0.1, 0.15) is 0 Å². The summed E-state index contributed by atoms with van der Waals surface area (Å²) >= 11 is 3.45. The largest absolute Gasteiger partial charge is 0.493 e. The summed E-state index contributed by atoms with van der Waals surface area (Å²) in [6.45, 7) is 0. The van der Waals surface area contributed by atoms with Crippen LogP contribution in [-0.2, 0) is 9.59 Å². The fourth-order valence-electron chi connectivity index (χ4n) is 3.49. The topological polar surface area (TPSA) is 76.7 Å². The number of fused-ring (bicyclic) bond motifs is 1. The first-order valence-electron chi connectivity index (χ1n) is 9.46. The number of nitrogens with one attached hydrogen (secondary N) is 2. The average molecular weight is 479 g/mol. The van der Waals surface area contributed by atoms with Gasteiger partial charge in [0.05, 0.1) is 25.4 Å². The molecule has 0 fully saturated rings. The Balaban J connectivity index is 1.83. The summed E-state index contributed by atoms with van der Waals surface area (Å²) in [4.78, 5) is 26.4. The van der Waals surface area contributed by atoms with Crippen LogP contribution in [0.1, 0.15) is 11.1 Å². The molecule has 1 aliphatic heterocycles. The van der Waals surface area contributed by atoms with E-state index in [1.807, 2.05) is 30.3 Å². The molecule has 0 radical (unpaired) electrons. The summed E-state index contributed by atoms with van der Waals surface area (Å²) in [6.07, 6.45) is 0. The Labute approximate surface area is 188 Å². The first kappa shape index (κ1) is 20.7. The lowest BCUT2D eigenvalue weighted by molar-refractivity contribution is -0.112. The second kappa shape index (κ2) is 8.65. The van der Waals surface area contributed by atoms with Gasteiger partial charge >= 0.3 is 0 Å². The van der Waals surface area contributed by atoms with E-state index in [-0.39, 0.29) is 11.5 Å². The van der Waals surface area contributed by atoms with Crippen molar-refractivity contribution in [2.45, 2.75) is 0 Å². The molecule has 0 atom stereocenters. The van der Waals surface area contributed by atoms with Crippen LogP contribution in [0.5, 0.6) is 11.5 Å². The van der Waals surface area contributed by atoms with E-state index in [0.29, 0.717) is 39.6 Å². The summed E-state index contributed by atoms with van der Waals surface area (Å²) in [5, 5.41) is 5.73. The van der Waals surface area contributed by atoms with Gasteiger partial charge in [-0.25, -0.2) is 0 Å². The van der Waals surface area contributed by atoms with Gasteiger partial charge in [-0.15, -0.1) is 0 Å². The van der Waals surface area contributed by atoms with Gasteiger partial charge in [-0.1, -0.05) is 46.3 Å². The minimum Gasteiger partial charge on any atom is -0.493 e. The maximum Gasteiger partial charge on any atom is 0.257 e. The molecular weight excluding hydrogens is 460 g/mol. The first-order valence-corrected chi connectivity index (χ1v) is 10.3. The number of halogens is 1. The molecule has 0 saturated heterocycles. The quantitative estimate of drug-likeness (QED) is 0.507. The van der Waals surface area contributed by atoms with Crippen molar-refractivity contribution in [3.05, 3.63) is 82.3 Å². The lowest BCUT2D eigenvalue weighted by Crippen LogP contribution is -2.17. The molecule has 2 amide bonds. The Bertz CT molecular complexity index is 1210. The number of ether oxygens (including phenoxy) is 2. The van der Waals surface area contributed by atoms with Gasteiger partial charge in [0.2, 0.25) is 0 Å². The van der Waals surface area contributed by atoms with Gasteiger partial charge in [0.25, 0.3) is 11.8 Å². The van der Waals surface area contributed by atoms with Crippen LogP contribution in [0.3, 0.4) is 0 Å². The Morgan fingerprint density at radius 1 is 0.935 bits per heavy atom. The summed E-state index contributed by atoms with van der Waals surface area (Å²) in [6, 6.07) is 19.7. The van der Waals surface area contributed by atoms with Gasteiger partial charge in [0, 0.05) is 27.5 Å². The minimum absolute atomic E-state index is 0.282. The smallest absolute Gasteiger partial charge is 0.257 e. The Morgan fingerprint density at radius 3 is 2.39 bits per heavy atom. The average Bonchev–Trinajstić information content (AvgIpc) is 3.09. The molecule has 3 aromatic rings. The number of hydrogen-bond acceptors (Lipinski definition) is 4. The fraction of sp³-hybridized carbons (Fsp3) is 0.0833. The number of anilines is 2. The van der Waals surface area contributed by atoms with Crippen molar-refractivity contribution < 1.29 is 19.1 Å². The number of carbonyl (C=O) groups is 2. The predicted octanol–water partition coefficient (Wildman–Crippen LogP) is 4.97. The van der Waals surface area contributed by atoms with E-state index in [0.717, 1.165) is 4.47 Å². The summed E-state index contributed by atoms with van der Waals surface area (Å²) in [5.41, 5.74) is 3.09. The van der Waals surface area contributed by atoms with Crippen LogP contribution in [0, 0.1) is 0 Å². The van der Waals surface area contributed by atoms with Crippen LogP contribution in [0.2, 0.25) is 0 Å². The zero-order chi connectivity index (χ0) is 22.0. The highest BCUT2D eigenvalue weighted by atomic mass is 79.9. The Kier molecular flexibility index (Phi) is 5.77. The molecule has 1 heterocycles. The summed E-state index contributed by atoms with van der Waals surface area (Å²) in [7, 11) is 3.07. The number of rotatable bonds is 5. The molecule has 7 heteroatoms. The number of amides is 2. The van der Waals surface area contributed by atoms with Crippen LogP contribution >= 0.6 is 15.9 Å². The molecule has 156 valence electrons. The predicted molar refractivity (Wildman–Crippen MR) is 124 cm³/mol. The molecule has 0 aromatic heterocycles. The van der Waals surface area contributed by atoms with E-state index in [4.69, 9.17) is 9.47 Å². The van der Waals surface area contributed by atoms with Gasteiger partial charge in [0.15, 0.2) is 11.5 Å². The number of carbonyl (C=O) groups excluding carboxylic acids is 2. The van der Waals surface area contributed by atoms with Gasteiger partial charge in [-0.05, 0) is 35.9 Å². The molecule has 0 saturated carbocycles.